The van der Waals surface area contributed by atoms with E-state index < -0.39 is 11.9 Å². The molecule has 0 saturated carbocycles. The molecule has 0 spiro atoms. The molecular weight excluding hydrogens is 373 g/mol. The van der Waals surface area contributed by atoms with Crippen molar-refractivity contribution in [1.82, 2.24) is 4.98 Å². The molecule has 0 aliphatic heterocycles. The van der Waals surface area contributed by atoms with E-state index in [1.807, 2.05) is 0 Å². The van der Waals surface area contributed by atoms with Gasteiger partial charge in [0.15, 0.2) is 0 Å². The van der Waals surface area contributed by atoms with Crippen LogP contribution in [0.15, 0.2) is 34.8 Å². The van der Waals surface area contributed by atoms with Crippen LogP contribution in [0.4, 0.5) is 13.2 Å². The van der Waals surface area contributed by atoms with Crippen molar-refractivity contribution < 1.29 is 17.9 Å². The Hall–Kier alpha value is -1.31. The number of ether oxygens (including phenoxy) is 1. The molecule has 3 nitrogen and oxygen atoms in total. The maximum absolute atomic E-state index is 12.7. The summed E-state index contributed by atoms with van der Waals surface area (Å²) in [7, 11) is 0. The van der Waals surface area contributed by atoms with Crippen LogP contribution < -0.4 is 10.5 Å². The maximum Gasteiger partial charge on any atom is 0.433 e. The molecule has 0 amide bonds. The lowest BCUT2D eigenvalue weighted by atomic mass is 10.2. The summed E-state index contributed by atoms with van der Waals surface area (Å²) in [5.41, 5.74) is 4.78. The highest BCUT2D eigenvalue weighted by Gasteiger charge is 2.33. The van der Waals surface area contributed by atoms with Crippen molar-refractivity contribution in [2.45, 2.75) is 12.7 Å². The fraction of sp³-hybridized carbons (Fsp3) is 0.154. The van der Waals surface area contributed by atoms with Crippen LogP contribution in [-0.2, 0) is 12.7 Å². The number of nitrogens with two attached hydrogens (primary N) is 1. The predicted octanol–water partition coefficient (Wildman–Crippen LogP) is 4.77. The third-order valence-electron chi connectivity index (χ3n) is 2.55. The van der Waals surface area contributed by atoms with Gasteiger partial charge < -0.3 is 10.5 Å². The summed E-state index contributed by atoms with van der Waals surface area (Å²) in [5.74, 6) is -0.0158. The highest BCUT2D eigenvalue weighted by Crippen LogP contribution is 2.34. The highest BCUT2D eigenvalue weighted by atomic mass is 79.9. The molecule has 21 heavy (non-hydrogen) atoms. The fourth-order valence-electron chi connectivity index (χ4n) is 1.53. The summed E-state index contributed by atoms with van der Waals surface area (Å²) >= 11 is 9.19. The largest absolute Gasteiger partial charge is 0.437 e. The molecule has 1 heterocycles. The zero-order valence-corrected chi connectivity index (χ0v) is 12.8. The van der Waals surface area contributed by atoms with Crippen LogP contribution in [0.5, 0.6) is 11.6 Å². The first kappa shape index (κ1) is 16.1. The first-order chi connectivity index (χ1) is 9.81. The van der Waals surface area contributed by atoms with Gasteiger partial charge in [-0.1, -0.05) is 33.6 Å². The maximum atomic E-state index is 12.7. The SMILES string of the molecule is NCc1ccc(C(F)(F)F)nc1Oc1ccc(Br)cc1Cl. The van der Waals surface area contributed by atoms with E-state index in [1.54, 1.807) is 12.1 Å². The van der Waals surface area contributed by atoms with Crippen molar-refractivity contribution in [2.24, 2.45) is 5.73 Å². The number of hydrogen-bond donors (Lipinski definition) is 1. The third kappa shape index (κ3) is 3.87. The number of hydrogen-bond acceptors (Lipinski definition) is 3. The second-order valence-electron chi connectivity index (χ2n) is 4.04. The summed E-state index contributed by atoms with van der Waals surface area (Å²) in [6.45, 7) is -0.00534. The van der Waals surface area contributed by atoms with Gasteiger partial charge in [-0.25, -0.2) is 4.98 Å². The molecule has 0 atom stereocenters. The predicted molar refractivity (Wildman–Crippen MR) is 76.4 cm³/mol. The van der Waals surface area contributed by atoms with E-state index >= 15 is 0 Å². The van der Waals surface area contributed by atoms with Crippen LogP contribution in [0.2, 0.25) is 5.02 Å². The Morgan fingerprint density at radius 2 is 1.95 bits per heavy atom. The van der Waals surface area contributed by atoms with E-state index in [1.165, 1.54) is 12.1 Å². The Morgan fingerprint density at radius 3 is 2.52 bits per heavy atom. The van der Waals surface area contributed by atoms with Gasteiger partial charge in [-0.15, -0.1) is 0 Å². The van der Waals surface area contributed by atoms with Crippen molar-refractivity contribution in [3.8, 4) is 11.6 Å². The summed E-state index contributed by atoms with van der Waals surface area (Å²) in [6, 6.07) is 6.83. The lowest BCUT2D eigenvalue weighted by Crippen LogP contribution is -2.10. The van der Waals surface area contributed by atoms with Crippen molar-refractivity contribution in [1.29, 1.82) is 0 Å². The van der Waals surface area contributed by atoms with Gasteiger partial charge >= 0.3 is 6.18 Å². The molecule has 2 N–H and O–H groups in total. The third-order valence-corrected chi connectivity index (χ3v) is 3.34. The molecule has 2 rings (SSSR count). The molecule has 1 aromatic carbocycles. The van der Waals surface area contributed by atoms with Gasteiger partial charge in [0.25, 0.3) is 0 Å². The zero-order chi connectivity index (χ0) is 15.6. The first-order valence-electron chi connectivity index (χ1n) is 5.71. The quantitative estimate of drug-likeness (QED) is 0.833. The summed E-state index contributed by atoms with van der Waals surface area (Å²) in [4.78, 5) is 3.48. The van der Waals surface area contributed by atoms with Gasteiger partial charge in [0.2, 0.25) is 5.88 Å². The number of halogens is 5. The zero-order valence-electron chi connectivity index (χ0n) is 10.4. The lowest BCUT2D eigenvalue weighted by Gasteiger charge is -2.13. The monoisotopic (exact) mass is 380 g/mol. The second-order valence-corrected chi connectivity index (χ2v) is 5.36. The van der Waals surface area contributed by atoms with Crippen LogP contribution >= 0.6 is 27.5 Å². The molecule has 1 aromatic heterocycles. The van der Waals surface area contributed by atoms with E-state index in [-0.39, 0.29) is 23.2 Å². The van der Waals surface area contributed by atoms with Gasteiger partial charge in [0, 0.05) is 16.6 Å². The highest BCUT2D eigenvalue weighted by molar-refractivity contribution is 9.10. The standard InChI is InChI=1S/C13H9BrClF3N2O/c14-8-2-3-10(9(15)5-8)21-12-7(6-19)1-4-11(20-12)13(16,17)18/h1-5H,6,19H2. The topological polar surface area (TPSA) is 48.1 Å². The molecule has 0 fully saturated rings. The number of pyridine rings is 1. The van der Waals surface area contributed by atoms with Crippen molar-refractivity contribution in [3.05, 3.63) is 51.1 Å². The number of rotatable bonds is 3. The number of benzene rings is 1. The van der Waals surface area contributed by atoms with Crippen molar-refractivity contribution in [3.63, 3.8) is 0 Å². The fourth-order valence-corrected chi connectivity index (χ4v) is 2.25. The molecule has 0 saturated heterocycles. The molecule has 0 unspecified atom stereocenters. The van der Waals surface area contributed by atoms with E-state index in [0.29, 0.717) is 5.56 Å². The van der Waals surface area contributed by atoms with Crippen molar-refractivity contribution in [2.75, 3.05) is 0 Å². The van der Waals surface area contributed by atoms with Crippen LogP contribution in [-0.4, -0.2) is 4.98 Å². The Labute approximate surface area is 132 Å². The number of aromatic nitrogens is 1. The molecule has 8 heteroatoms. The van der Waals surface area contributed by atoms with Crippen LogP contribution in [0, 0.1) is 0 Å². The first-order valence-corrected chi connectivity index (χ1v) is 6.88. The van der Waals surface area contributed by atoms with E-state index in [0.717, 1.165) is 10.5 Å². The second kappa shape index (κ2) is 6.21. The van der Waals surface area contributed by atoms with E-state index in [9.17, 15) is 13.2 Å². The molecule has 0 aliphatic carbocycles. The number of alkyl halides is 3. The van der Waals surface area contributed by atoms with Crippen LogP contribution in [0.1, 0.15) is 11.3 Å². The minimum Gasteiger partial charge on any atom is -0.437 e. The summed E-state index contributed by atoms with van der Waals surface area (Å²) in [5, 5.41) is 0.242. The average Bonchev–Trinajstić information content (AvgIpc) is 2.41. The van der Waals surface area contributed by atoms with Gasteiger partial charge in [0.1, 0.15) is 11.4 Å². The van der Waals surface area contributed by atoms with Crippen LogP contribution in [0.25, 0.3) is 0 Å². The Balaban J connectivity index is 2.42. The Bertz CT molecular complexity index is 664. The normalized spacial score (nSPS) is 11.5. The Kier molecular flexibility index (Phi) is 4.75. The minimum absolute atomic E-state index is 0.00534. The molecule has 112 valence electrons. The van der Waals surface area contributed by atoms with E-state index in [2.05, 4.69) is 20.9 Å². The minimum atomic E-state index is -4.56. The summed E-state index contributed by atoms with van der Waals surface area (Å²) < 4.78 is 44.2. The molecule has 2 aromatic rings. The lowest BCUT2D eigenvalue weighted by molar-refractivity contribution is -0.141. The number of nitrogens with zero attached hydrogens (tertiary/aromatic N) is 1. The van der Waals surface area contributed by atoms with Crippen LogP contribution in [0.3, 0.4) is 0 Å². The average molecular weight is 382 g/mol. The van der Waals surface area contributed by atoms with Gasteiger partial charge in [-0.3, -0.25) is 0 Å². The smallest absolute Gasteiger partial charge is 0.433 e. The van der Waals surface area contributed by atoms with Crippen molar-refractivity contribution >= 4 is 27.5 Å². The molecule has 0 radical (unpaired) electrons. The van der Waals surface area contributed by atoms with Gasteiger partial charge in [-0.05, 0) is 24.3 Å². The molecular formula is C13H9BrClF3N2O. The summed E-state index contributed by atoms with van der Waals surface area (Å²) in [6.07, 6.45) is -4.56. The molecule has 0 aliphatic rings. The van der Waals surface area contributed by atoms with Gasteiger partial charge in [0.05, 0.1) is 5.02 Å². The Morgan fingerprint density at radius 1 is 1.24 bits per heavy atom. The van der Waals surface area contributed by atoms with Gasteiger partial charge in [-0.2, -0.15) is 13.2 Å². The molecule has 0 bridgehead atoms. The van der Waals surface area contributed by atoms with E-state index in [4.69, 9.17) is 22.1 Å².